The van der Waals surface area contributed by atoms with Crippen molar-refractivity contribution in [1.82, 2.24) is 19.9 Å². The van der Waals surface area contributed by atoms with Gasteiger partial charge in [-0.25, -0.2) is 21.0 Å². The molecule has 210 valence electrons. The Balaban J connectivity index is 0.00000294. The third-order valence-electron chi connectivity index (χ3n) is 6.15. The number of allylic oxidation sites excluding steroid dienone is 6. The number of imidazole rings is 1. The molecule has 0 bridgehead atoms. The number of pyridine rings is 1. The summed E-state index contributed by atoms with van der Waals surface area (Å²) in [6, 6.07) is 9.40. The maximum atomic E-state index is 10.3. The predicted octanol–water partition coefficient (Wildman–Crippen LogP) is 1.82. The van der Waals surface area contributed by atoms with Gasteiger partial charge in [-0.3, -0.25) is 10.6 Å². The van der Waals surface area contributed by atoms with Crippen LogP contribution < -0.4 is 72.5 Å². The van der Waals surface area contributed by atoms with Gasteiger partial charge in [0.15, 0.2) is 5.82 Å². The predicted molar refractivity (Wildman–Crippen MR) is 159 cm³/mol. The number of anilines is 1. The van der Waals surface area contributed by atoms with Crippen LogP contribution in [0.4, 0.5) is 11.5 Å². The molecule has 0 saturated carbocycles. The molecule has 11 heteroatoms. The van der Waals surface area contributed by atoms with Gasteiger partial charge < -0.3 is 33.6 Å². The molecule has 2 atom stereocenters. The van der Waals surface area contributed by atoms with Crippen molar-refractivity contribution in [1.29, 1.82) is 5.26 Å². The number of aliphatic hydroxyl groups is 1. The van der Waals surface area contributed by atoms with Gasteiger partial charge in [-0.15, -0.1) is 6.92 Å². The minimum Gasteiger partial charge on any atom is -0.487 e. The standard InChI is InChI=1S/C29H33N8O2.CH3.K/c1-5-6-7-18(2)34-25-13-24-26(14-27(25)39-22-10-11-32-16-22)37(17-33-24)28-9-8-23(20(4)38)29(36-28)35-19(3)12-21(31)15-30;;/h6-9,12-14,17,20,22,32,34,38H,10-11,16,31H2,1-4H3;1H3;/q2*-1;+1/b18-7+,21-12-,35-19+;;. The molecule has 2 aromatic heterocycles. The van der Waals surface area contributed by atoms with Crippen molar-refractivity contribution in [3.63, 3.8) is 0 Å². The van der Waals surface area contributed by atoms with Gasteiger partial charge in [0.2, 0.25) is 0 Å². The normalized spacial score (nSPS) is 16.7. The summed E-state index contributed by atoms with van der Waals surface area (Å²) in [4.78, 5) is 13.9. The average Bonchev–Trinajstić information content (AvgIpc) is 3.57. The third-order valence-corrected chi connectivity index (χ3v) is 6.15. The Morgan fingerprint density at radius 2 is 2.17 bits per heavy atom. The number of benzene rings is 1. The van der Waals surface area contributed by atoms with Crippen LogP contribution in [0.2, 0.25) is 0 Å². The fourth-order valence-electron chi connectivity index (χ4n) is 4.24. The molecule has 0 radical (unpaired) electrons. The second-order valence-corrected chi connectivity index (χ2v) is 9.34. The Labute approximate surface area is 284 Å². The van der Waals surface area contributed by atoms with Crippen molar-refractivity contribution in [3.8, 4) is 17.6 Å². The van der Waals surface area contributed by atoms with Crippen molar-refractivity contribution < 1.29 is 61.2 Å². The second-order valence-electron chi connectivity index (χ2n) is 9.34. The van der Waals surface area contributed by atoms with E-state index in [4.69, 9.17) is 20.7 Å². The molecule has 0 amide bonds. The summed E-state index contributed by atoms with van der Waals surface area (Å²) in [5.41, 5.74) is 10.0. The Morgan fingerprint density at radius 1 is 1.39 bits per heavy atom. The van der Waals surface area contributed by atoms with Gasteiger partial charge in [-0.05, 0) is 58.0 Å². The molecule has 2 unspecified atom stereocenters. The molecular weight excluding hydrogens is 543 g/mol. The van der Waals surface area contributed by atoms with Gasteiger partial charge in [-0.2, -0.15) is 11.3 Å². The molecule has 5 N–H and O–H groups in total. The Morgan fingerprint density at radius 3 is 2.83 bits per heavy atom. The molecule has 0 spiro atoms. The van der Waals surface area contributed by atoms with Gasteiger partial charge in [0.25, 0.3) is 0 Å². The first kappa shape index (κ1) is 34.4. The van der Waals surface area contributed by atoms with Gasteiger partial charge >= 0.3 is 51.4 Å². The number of aliphatic hydroxyl groups excluding tert-OH is 1. The Bertz CT molecular complexity index is 1510. The van der Waals surface area contributed by atoms with E-state index in [1.807, 2.05) is 54.8 Å². The van der Waals surface area contributed by atoms with Crippen LogP contribution in [-0.4, -0.2) is 44.5 Å². The smallest absolute Gasteiger partial charge is 0.487 e. The number of rotatable bonds is 9. The Kier molecular flexibility index (Phi) is 13.4. The van der Waals surface area contributed by atoms with Crippen LogP contribution in [0.15, 0.2) is 65.2 Å². The first-order chi connectivity index (χ1) is 18.8. The monoisotopic (exact) mass is 579 g/mol. The van der Waals surface area contributed by atoms with Crippen LogP contribution in [0, 0.1) is 24.8 Å². The maximum absolute atomic E-state index is 10.3. The van der Waals surface area contributed by atoms with E-state index >= 15 is 0 Å². The summed E-state index contributed by atoms with van der Waals surface area (Å²) in [5, 5.41) is 26.1. The molecule has 1 aliphatic rings. The average molecular weight is 580 g/mol. The number of nitrogens with two attached hydrogens (primary N) is 1. The van der Waals surface area contributed by atoms with Crippen molar-refractivity contribution in [3.05, 3.63) is 79.3 Å². The number of hydrogen-bond acceptors (Lipinski definition) is 9. The van der Waals surface area contributed by atoms with E-state index in [-0.39, 0.29) is 70.6 Å². The molecule has 10 nitrogen and oxygen atoms in total. The summed E-state index contributed by atoms with van der Waals surface area (Å²) in [6.45, 7) is 8.90. The fraction of sp³-hybridized carbons (Fsp3) is 0.300. The molecule has 0 aliphatic carbocycles. The van der Waals surface area contributed by atoms with E-state index in [1.165, 1.54) is 6.08 Å². The van der Waals surface area contributed by atoms with Crippen LogP contribution in [0.3, 0.4) is 0 Å². The van der Waals surface area contributed by atoms with Crippen LogP contribution in [0.25, 0.3) is 16.9 Å². The number of nitrogens with zero attached hydrogens (tertiary/aromatic N) is 5. The third kappa shape index (κ3) is 8.83. The largest absolute Gasteiger partial charge is 1.00 e. The summed E-state index contributed by atoms with van der Waals surface area (Å²) in [6.07, 6.45) is 10.2. The van der Waals surface area contributed by atoms with E-state index < -0.39 is 6.10 Å². The number of hydrogen-bond donors (Lipinski definition) is 4. The molecule has 1 saturated heterocycles. The van der Waals surface area contributed by atoms with E-state index in [0.717, 1.165) is 41.9 Å². The summed E-state index contributed by atoms with van der Waals surface area (Å²) < 4.78 is 8.27. The first-order valence-electron chi connectivity index (χ1n) is 12.7. The SMILES string of the molecule is C[C-]=C/C=C(\C)Nc1cc2ncn(-c3ccc(C(C)O)c(/N=C(C)/C=C(\N)C#N)n3)c2cc1OC1CCNC1.[CH3-].[K+]. The number of nitriles is 1. The van der Waals surface area contributed by atoms with Gasteiger partial charge in [0.1, 0.15) is 35.8 Å². The molecule has 3 heterocycles. The number of aliphatic imine (C=N–C) groups is 1. The van der Waals surface area contributed by atoms with Gasteiger partial charge in [-0.1, -0.05) is 5.70 Å². The van der Waals surface area contributed by atoms with E-state index in [0.29, 0.717) is 28.7 Å². The van der Waals surface area contributed by atoms with Crippen LogP contribution >= 0.6 is 0 Å². The first-order valence-corrected chi connectivity index (χ1v) is 12.7. The second kappa shape index (κ2) is 16.0. The molecule has 1 aliphatic heterocycles. The fourth-order valence-corrected chi connectivity index (χ4v) is 4.24. The molecule has 41 heavy (non-hydrogen) atoms. The molecule has 1 aromatic carbocycles. The number of aromatic nitrogens is 3. The zero-order valence-corrected chi connectivity index (χ0v) is 27.7. The van der Waals surface area contributed by atoms with Gasteiger partial charge in [0, 0.05) is 23.9 Å². The van der Waals surface area contributed by atoms with E-state index in [1.54, 1.807) is 26.2 Å². The van der Waals surface area contributed by atoms with Crippen LogP contribution in [0.1, 0.15) is 45.8 Å². The van der Waals surface area contributed by atoms with Crippen molar-refractivity contribution >= 4 is 28.3 Å². The molecular formula is C30H36KN8O2-. The van der Waals surface area contributed by atoms with Crippen LogP contribution in [-0.2, 0) is 0 Å². The molecule has 4 rings (SSSR count). The minimum atomic E-state index is -0.792. The topological polar surface area (TPSA) is 146 Å². The summed E-state index contributed by atoms with van der Waals surface area (Å²) in [5.74, 6) is 1.61. The Hall–Kier alpha value is -2.82. The quantitative estimate of drug-likeness (QED) is 0.0987. The minimum absolute atomic E-state index is 0. The number of fused-ring (bicyclic) bond motifs is 1. The van der Waals surface area contributed by atoms with Crippen molar-refractivity contribution in [2.24, 2.45) is 10.7 Å². The van der Waals surface area contributed by atoms with E-state index in [9.17, 15) is 5.11 Å². The van der Waals surface area contributed by atoms with Gasteiger partial charge in [0.05, 0.1) is 22.8 Å². The van der Waals surface area contributed by atoms with Crippen molar-refractivity contribution in [2.75, 3.05) is 18.4 Å². The zero-order chi connectivity index (χ0) is 27.9. The van der Waals surface area contributed by atoms with Crippen molar-refractivity contribution in [2.45, 2.75) is 46.3 Å². The zero-order valence-electron chi connectivity index (χ0n) is 24.6. The van der Waals surface area contributed by atoms with Crippen LogP contribution in [0.5, 0.6) is 5.75 Å². The summed E-state index contributed by atoms with van der Waals surface area (Å²) >= 11 is 0. The number of nitrogens with one attached hydrogen (secondary N) is 2. The molecule has 1 fully saturated rings. The maximum Gasteiger partial charge on any atom is 1.00 e. The van der Waals surface area contributed by atoms with E-state index in [2.05, 4.69) is 26.7 Å². The summed E-state index contributed by atoms with van der Waals surface area (Å²) in [7, 11) is 0. The number of ether oxygens (including phenoxy) is 1. The molecule has 3 aromatic rings.